The predicted octanol–water partition coefficient (Wildman–Crippen LogP) is 5.68. The molecule has 0 heterocycles. The van der Waals surface area contributed by atoms with Gasteiger partial charge in [-0.3, -0.25) is 0 Å². The molecule has 2 rings (SSSR count). The van der Waals surface area contributed by atoms with E-state index in [1.165, 1.54) is 6.07 Å². The van der Waals surface area contributed by atoms with Gasteiger partial charge in [-0.15, -0.1) is 0 Å². The van der Waals surface area contributed by atoms with Crippen LogP contribution in [0.4, 0.5) is 4.39 Å². The number of halogens is 2. The Bertz CT molecular complexity index is 825. The summed E-state index contributed by atoms with van der Waals surface area (Å²) in [6, 6.07) is 12.0. The predicted molar refractivity (Wildman–Crippen MR) is 106 cm³/mol. The first-order valence-electron chi connectivity index (χ1n) is 7.96. The van der Waals surface area contributed by atoms with Crippen molar-refractivity contribution in [2.45, 2.75) is 26.9 Å². The minimum Gasteiger partial charge on any atom is -0.490 e. The van der Waals surface area contributed by atoms with Crippen LogP contribution in [0.2, 0.25) is 0 Å². The number of hydrogen-bond acceptors (Lipinski definition) is 3. The van der Waals surface area contributed by atoms with Crippen LogP contribution in [-0.4, -0.2) is 12.7 Å². The second-order valence-corrected chi connectivity index (χ2v) is 6.74. The molecule has 0 bridgehead atoms. The normalized spacial score (nSPS) is 11.3. The molecule has 0 aliphatic heterocycles. The second-order valence-electron chi connectivity index (χ2n) is 5.58. The van der Waals surface area contributed by atoms with Gasteiger partial charge in [0.05, 0.1) is 27.9 Å². The second kappa shape index (κ2) is 8.86. The molecule has 5 heteroatoms. The van der Waals surface area contributed by atoms with E-state index in [9.17, 15) is 9.65 Å². The zero-order chi connectivity index (χ0) is 18.4. The van der Waals surface area contributed by atoms with Crippen molar-refractivity contribution < 1.29 is 13.9 Å². The third-order valence-corrected chi connectivity index (χ3v) is 4.08. The van der Waals surface area contributed by atoms with Gasteiger partial charge in [0.15, 0.2) is 11.5 Å². The first kappa shape index (κ1) is 19.3. The third-order valence-electron chi connectivity index (χ3n) is 3.28. The number of ether oxygens (including phenoxy) is 2. The first-order chi connectivity index (χ1) is 12.0. The van der Waals surface area contributed by atoms with Gasteiger partial charge in [-0.2, -0.15) is 5.26 Å². The summed E-state index contributed by atoms with van der Waals surface area (Å²) in [6.45, 7) is 6.29. The number of rotatable bonds is 6. The van der Waals surface area contributed by atoms with Crippen LogP contribution in [0.15, 0.2) is 36.4 Å². The van der Waals surface area contributed by atoms with E-state index in [0.717, 1.165) is 9.13 Å². The Labute approximate surface area is 161 Å². The summed E-state index contributed by atoms with van der Waals surface area (Å²) >= 11 is 2.17. The van der Waals surface area contributed by atoms with Gasteiger partial charge in [-0.25, -0.2) is 4.39 Å². The van der Waals surface area contributed by atoms with Gasteiger partial charge in [-0.1, -0.05) is 18.2 Å². The molecule has 0 unspecified atom stereocenters. The van der Waals surface area contributed by atoms with Crippen molar-refractivity contribution in [2.24, 2.45) is 0 Å². The fourth-order valence-corrected chi connectivity index (χ4v) is 3.05. The van der Waals surface area contributed by atoms with E-state index in [-0.39, 0.29) is 17.2 Å². The highest BCUT2D eigenvalue weighted by Gasteiger charge is 2.14. The van der Waals surface area contributed by atoms with E-state index < -0.39 is 5.82 Å². The number of nitriles is 1. The largest absolute Gasteiger partial charge is 0.490 e. The van der Waals surface area contributed by atoms with Crippen molar-refractivity contribution in [1.29, 1.82) is 5.26 Å². The SMILES string of the molecule is CCOc1cc(/C=C(/C#N)c2ccccc2F)cc(I)c1OC(C)C. The van der Waals surface area contributed by atoms with Gasteiger partial charge in [0.25, 0.3) is 0 Å². The van der Waals surface area contributed by atoms with E-state index in [0.29, 0.717) is 18.1 Å². The van der Waals surface area contributed by atoms with Crippen LogP contribution in [0, 0.1) is 20.7 Å². The Balaban J connectivity index is 2.52. The Morgan fingerprint density at radius 3 is 2.64 bits per heavy atom. The average molecular weight is 451 g/mol. The molecule has 0 N–H and O–H groups in total. The first-order valence-corrected chi connectivity index (χ1v) is 9.03. The van der Waals surface area contributed by atoms with Gasteiger partial charge in [-0.05, 0) is 73.2 Å². The molecule has 2 aromatic rings. The molecule has 0 aliphatic carbocycles. The molecule has 0 spiro atoms. The Hall–Kier alpha value is -2.07. The molecule has 0 radical (unpaired) electrons. The summed E-state index contributed by atoms with van der Waals surface area (Å²) in [7, 11) is 0. The van der Waals surface area contributed by atoms with Gasteiger partial charge in [0.1, 0.15) is 5.82 Å². The van der Waals surface area contributed by atoms with E-state index in [2.05, 4.69) is 28.7 Å². The summed E-state index contributed by atoms with van der Waals surface area (Å²) in [5.41, 5.74) is 1.29. The van der Waals surface area contributed by atoms with Crippen LogP contribution >= 0.6 is 22.6 Å². The van der Waals surface area contributed by atoms with Crippen molar-refractivity contribution in [3.8, 4) is 17.6 Å². The summed E-state index contributed by atoms with van der Waals surface area (Å²) < 4.78 is 26.4. The quantitative estimate of drug-likeness (QED) is 0.323. The maximum atomic E-state index is 14.0. The molecular weight excluding hydrogens is 432 g/mol. The van der Waals surface area contributed by atoms with E-state index in [1.807, 2.05) is 32.9 Å². The molecule has 0 amide bonds. The van der Waals surface area contributed by atoms with E-state index in [4.69, 9.17) is 9.47 Å². The zero-order valence-corrected chi connectivity index (χ0v) is 16.5. The molecule has 0 saturated carbocycles. The van der Waals surface area contributed by atoms with Crippen molar-refractivity contribution in [2.75, 3.05) is 6.61 Å². The van der Waals surface area contributed by atoms with Gasteiger partial charge < -0.3 is 9.47 Å². The smallest absolute Gasteiger partial charge is 0.174 e. The molecular formula is C20H19FINO2. The lowest BCUT2D eigenvalue weighted by Gasteiger charge is -2.17. The number of nitrogens with zero attached hydrogens (tertiary/aromatic N) is 1. The standard InChI is InChI=1S/C20H19FINO2/c1-4-24-19-11-14(10-18(22)20(19)25-13(2)3)9-15(12-23)16-7-5-6-8-17(16)21/h5-11,13H,4H2,1-3H3/b15-9-. The fourth-order valence-electron chi connectivity index (χ4n) is 2.30. The zero-order valence-electron chi connectivity index (χ0n) is 14.3. The van der Waals surface area contributed by atoms with Gasteiger partial charge in [0.2, 0.25) is 0 Å². The Morgan fingerprint density at radius 1 is 1.32 bits per heavy atom. The summed E-state index contributed by atoms with van der Waals surface area (Å²) in [5.74, 6) is 0.869. The maximum Gasteiger partial charge on any atom is 0.174 e. The molecule has 25 heavy (non-hydrogen) atoms. The molecule has 0 saturated heterocycles. The molecule has 130 valence electrons. The van der Waals surface area contributed by atoms with Gasteiger partial charge >= 0.3 is 0 Å². The van der Waals surface area contributed by atoms with Crippen LogP contribution < -0.4 is 9.47 Å². The van der Waals surface area contributed by atoms with Crippen LogP contribution in [-0.2, 0) is 0 Å². The highest BCUT2D eigenvalue weighted by atomic mass is 127. The van der Waals surface area contributed by atoms with Crippen molar-refractivity contribution in [3.05, 3.63) is 56.9 Å². The van der Waals surface area contributed by atoms with E-state index in [1.54, 1.807) is 24.3 Å². The number of benzene rings is 2. The minimum atomic E-state index is -0.421. The highest BCUT2D eigenvalue weighted by Crippen LogP contribution is 2.36. The minimum absolute atomic E-state index is 0.0159. The van der Waals surface area contributed by atoms with Gasteiger partial charge in [0, 0.05) is 5.56 Å². The lowest BCUT2D eigenvalue weighted by atomic mass is 10.0. The molecule has 0 fully saturated rings. The Kier molecular flexibility index (Phi) is 6.82. The summed E-state index contributed by atoms with van der Waals surface area (Å²) in [6.07, 6.45) is 1.67. The molecule has 0 aliphatic rings. The van der Waals surface area contributed by atoms with E-state index >= 15 is 0 Å². The van der Waals surface area contributed by atoms with Crippen molar-refractivity contribution >= 4 is 34.2 Å². The monoisotopic (exact) mass is 451 g/mol. The number of allylic oxidation sites excluding steroid dienone is 1. The van der Waals surface area contributed by atoms with Crippen molar-refractivity contribution in [1.82, 2.24) is 0 Å². The average Bonchev–Trinajstić information content (AvgIpc) is 2.56. The lowest BCUT2D eigenvalue weighted by molar-refractivity contribution is 0.222. The lowest BCUT2D eigenvalue weighted by Crippen LogP contribution is -2.09. The van der Waals surface area contributed by atoms with Crippen LogP contribution in [0.1, 0.15) is 31.9 Å². The highest BCUT2D eigenvalue weighted by molar-refractivity contribution is 14.1. The van der Waals surface area contributed by atoms with Crippen LogP contribution in [0.5, 0.6) is 11.5 Å². The molecule has 3 nitrogen and oxygen atoms in total. The maximum absolute atomic E-state index is 14.0. The molecule has 0 aromatic heterocycles. The molecule has 2 aromatic carbocycles. The molecule has 0 atom stereocenters. The fraction of sp³-hybridized carbons (Fsp3) is 0.250. The summed E-state index contributed by atoms with van der Waals surface area (Å²) in [4.78, 5) is 0. The number of hydrogen-bond donors (Lipinski definition) is 0. The Morgan fingerprint density at radius 2 is 2.04 bits per heavy atom. The van der Waals surface area contributed by atoms with Crippen molar-refractivity contribution in [3.63, 3.8) is 0 Å². The third kappa shape index (κ3) is 4.95. The van der Waals surface area contributed by atoms with Crippen LogP contribution in [0.25, 0.3) is 11.6 Å². The van der Waals surface area contributed by atoms with Crippen LogP contribution in [0.3, 0.4) is 0 Å². The summed E-state index contributed by atoms with van der Waals surface area (Å²) in [5, 5.41) is 9.44. The topological polar surface area (TPSA) is 42.2 Å².